The molecule has 5 rings (SSSR count). The number of aromatic nitrogens is 1. The number of hydrogen-bond acceptors (Lipinski definition) is 6. The van der Waals surface area contributed by atoms with Gasteiger partial charge in [0.25, 0.3) is 5.91 Å². The van der Waals surface area contributed by atoms with Crippen LogP contribution in [0, 0.1) is 0 Å². The molecule has 0 aliphatic carbocycles. The Morgan fingerprint density at radius 3 is 2.42 bits per heavy atom. The number of rotatable bonds is 7. The van der Waals surface area contributed by atoms with Crippen molar-refractivity contribution in [2.24, 2.45) is 5.73 Å². The second kappa shape index (κ2) is 10.4. The van der Waals surface area contributed by atoms with E-state index in [1.165, 1.54) is 7.11 Å². The van der Waals surface area contributed by atoms with Crippen LogP contribution >= 0.6 is 0 Å². The summed E-state index contributed by atoms with van der Waals surface area (Å²) in [6.45, 7) is 0. The Morgan fingerprint density at radius 2 is 1.63 bits per heavy atom. The molecule has 0 saturated heterocycles. The van der Waals surface area contributed by atoms with Gasteiger partial charge in [0.05, 0.1) is 31.0 Å². The van der Waals surface area contributed by atoms with E-state index in [1.807, 2.05) is 30.3 Å². The molecule has 0 atom stereocenters. The van der Waals surface area contributed by atoms with Crippen molar-refractivity contribution in [2.45, 2.75) is 0 Å². The summed E-state index contributed by atoms with van der Waals surface area (Å²) in [4.78, 5) is 28.9. The molecule has 0 fully saturated rings. The van der Waals surface area contributed by atoms with Gasteiger partial charge in [-0.25, -0.2) is 4.79 Å². The van der Waals surface area contributed by atoms with Crippen LogP contribution in [0.1, 0.15) is 10.4 Å². The fourth-order valence-corrected chi connectivity index (χ4v) is 4.15. The maximum absolute atomic E-state index is 12.6. The summed E-state index contributed by atoms with van der Waals surface area (Å²) in [6.07, 6.45) is 1.62. The van der Waals surface area contributed by atoms with Gasteiger partial charge in [0, 0.05) is 34.8 Å². The van der Waals surface area contributed by atoms with Crippen molar-refractivity contribution < 1.29 is 23.8 Å². The summed E-state index contributed by atoms with van der Waals surface area (Å²) in [5.41, 5.74) is 7.61. The van der Waals surface area contributed by atoms with Crippen LogP contribution in [0.15, 0.2) is 85.1 Å². The molecular formula is C29H24N4O5. The first kappa shape index (κ1) is 24.4. The molecule has 0 unspecified atom stereocenters. The fraction of sp³-hybridized carbons (Fsp3) is 0.0690. The van der Waals surface area contributed by atoms with Crippen molar-refractivity contribution in [2.75, 3.05) is 24.9 Å². The summed E-state index contributed by atoms with van der Waals surface area (Å²) in [5, 5.41) is 8.02. The highest BCUT2D eigenvalue weighted by atomic mass is 16.5. The summed E-state index contributed by atoms with van der Waals surface area (Å²) in [6, 6.07) is 22.8. The predicted octanol–water partition coefficient (Wildman–Crippen LogP) is 5.94. The number of ether oxygens (including phenoxy) is 3. The lowest BCUT2D eigenvalue weighted by Crippen LogP contribution is -2.19. The van der Waals surface area contributed by atoms with Crippen molar-refractivity contribution in [1.82, 2.24) is 4.98 Å². The van der Waals surface area contributed by atoms with E-state index >= 15 is 0 Å². The van der Waals surface area contributed by atoms with Gasteiger partial charge in [0.15, 0.2) is 0 Å². The molecule has 0 spiro atoms. The van der Waals surface area contributed by atoms with Crippen LogP contribution in [0.5, 0.6) is 23.0 Å². The van der Waals surface area contributed by atoms with E-state index in [0.717, 1.165) is 10.8 Å². The molecule has 0 aliphatic rings. The van der Waals surface area contributed by atoms with Crippen molar-refractivity contribution in [3.8, 4) is 23.0 Å². The molecule has 3 amide bonds. The minimum Gasteiger partial charge on any atom is -0.497 e. The molecule has 0 aliphatic heterocycles. The Hall–Kier alpha value is -5.31. The zero-order valence-corrected chi connectivity index (χ0v) is 20.6. The maximum Gasteiger partial charge on any atom is 0.323 e. The van der Waals surface area contributed by atoms with Gasteiger partial charge in [-0.05, 0) is 53.9 Å². The topological polar surface area (TPSA) is 125 Å². The second-order valence-electron chi connectivity index (χ2n) is 8.34. The van der Waals surface area contributed by atoms with E-state index in [2.05, 4.69) is 15.6 Å². The summed E-state index contributed by atoms with van der Waals surface area (Å²) in [7, 11) is 3.04. The molecule has 9 heteroatoms. The minimum atomic E-state index is -0.611. The summed E-state index contributed by atoms with van der Waals surface area (Å²) >= 11 is 0. The monoisotopic (exact) mass is 508 g/mol. The Morgan fingerprint density at radius 1 is 0.789 bits per heavy atom. The van der Waals surface area contributed by atoms with Gasteiger partial charge < -0.3 is 30.6 Å². The number of carbonyl (C=O) groups excluding carboxylic acids is 2. The summed E-state index contributed by atoms with van der Waals surface area (Å²) in [5.74, 6) is 1.45. The number of primary amides is 1. The number of nitrogens with zero attached hydrogens (tertiary/aromatic N) is 1. The first-order chi connectivity index (χ1) is 18.4. The van der Waals surface area contributed by atoms with Crippen molar-refractivity contribution in [1.29, 1.82) is 0 Å². The number of methoxy groups -OCH3 is 2. The van der Waals surface area contributed by atoms with Gasteiger partial charge in [0.2, 0.25) is 0 Å². The van der Waals surface area contributed by atoms with Crippen LogP contribution < -0.4 is 30.6 Å². The number of nitrogens with two attached hydrogens (primary N) is 1. The first-order valence-electron chi connectivity index (χ1n) is 11.6. The molecule has 5 aromatic rings. The lowest BCUT2D eigenvalue weighted by molar-refractivity contribution is 0.0997. The average Bonchev–Trinajstić information content (AvgIpc) is 2.92. The molecule has 1 aromatic heterocycles. The number of urea groups is 1. The Bertz CT molecular complexity index is 1690. The standard InChI is InChI=1S/C29H24N4O5/c1-36-19-7-4-6-18(14-19)32-29(35)33-24-8-3-5-17-13-20(9-10-21(17)24)38-26-11-12-31-25-16-27(37-2)23(28(30)34)15-22(25)26/h3-16H,1-2H3,(H2,30,34)(H2,32,33,35). The van der Waals surface area contributed by atoms with E-state index in [4.69, 9.17) is 19.9 Å². The number of nitrogens with one attached hydrogen (secondary N) is 2. The molecule has 0 radical (unpaired) electrons. The molecule has 9 nitrogen and oxygen atoms in total. The Balaban J connectivity index is 1.41. The lowest BCUT2D eigenvalue weighted by atomic mass is 10.1. The maximum atomic E-state index is 12.6. The third-order valence-electron chi connectivity index (χ3n) is 5.94. The quantitative estimate of drug-likeness (QED) is 0.250. The van der Waals surface area contributed by atoms with E-state index in [-0.39, 0.29) is 11.6 Å². The van der Waals surface area contributed by atoms with Crippen LogP contribution in [0.4, 0.5) is 16.2 Å². The number of fused-ring (bicyclic) bond motifs is 2. The average molecular weight is 509 g/mol. The number of carbonyl (C=O) groups is 2. The summed E-state index contributed by atoms with van der Waals surface area (Å²) < 4.78 is 16.7. The van der Waals surface area contributed by atoms with E-state index in [9.17, 15) is 9.59 Å². The molecule has 4 aromatic carbocycles. The van der Waals surface area contributed by atoms with Gasteiger partial charge in [-0.2, -0.15) is 0 Å². The second-order valence-corrected chi connectivity index (χ2v) is 8.34. The van der Waals surface area contributed by atoms with Crippen LogP contribution in [-0.4, -0.2) is 31.1 Å². The SMILES string of the molecule is COc1cccc(NC(=O)Nc2cccc3cc(Oc4ccnc5cc(OC)c(C(N)=O)cc45)ccc23)c1. The predicted molar refractivity (Wildman–Crippen MR) is 146 cm³/mol. The third-order valence-corrected chi connectivity index (χ3v) is 5.94. The number of benzene rings is 4. The molecule has 38 heavy (non-hydrogen) atoms. The van der Waals surface area contributed by atoms with Crippen molar-refractivity contribution >= 4 is 45.0 Å². The van der Waals surface area contributed by atoms with Crippen LogP contribution in [0.3, 0.4) is 0 Å². The third kappa shape index (κ3) is 4.98. The van der Waals surface area contributed by atoms with E-state index in [0.29, 0.717) is 45.3 Å². The normalized spacial score (nSPS) is 10.7. The van der Waals surface area contributed by atoms with Crippen LogP contribution in [0.25, 0.3) is 21.7 Å². The molecule has 1 heterocycles. The molecule has 0 saturated carbocycles. The smallest absolute Gasteiger partial charge is 0.323 e. The number of hydrogen-bond donors (Lipinski definition) is 3. The largest absolute Gasteiger partial charge is 0.497 e. The Labute approximate surface area is 218 Å². The minimum absolute atomic E-state index is 0.235. The fourth-order valence-electron chi connectivity index (χ4n) is 4.15. The van der Waals surface area contributed by atoms with Gasteiger partial charge in [-0.1, -0.05) is 18.2 Å². The van der Waals surface area contributed by atoms with Crippen molar-refractivity contribution in [3.63, 3.8) is 0 Å². The molecular weight excluding hydrogens is 484 g/mol. The van der Waals surface area contributed by atoms with Gasteiger partial charge >= 0.3 is 6.03 Å². The van der Waals surface area contributed by atoms with E-state index < -0.39 is 5.91 Å². The number of pyridine rings is 1. The van der Waals surface area contributed by atoms with Crippen molar-refractivity contribution in [3.05, 3.63) is 90.6 Å². The molecule has 190 valence electrons. The highest BCUT2D eigenvalue weighted by molar-refractivity contribution is 6.06. The van der Waals surface area contributed by atoms with Gasteiger partial charge in [0.1, 0.15) is 23.0 Å². The lowest BCUT2D eigenvalue weighted by Gasteiger charge is -2.13. The molecule has 4 N–H and O–H groups in total. The highest BCUT2D eigenvalue weighted by Crippen LogP contribution is 2.35. The zero-order valence-electron chi connectivity index (χ0n) is 20.6. The Kier molecular flexibility index (Phi) is 6.65. The van der Waals surface area contributed by atoms with Crippen LogP contribution in [-0.2, 0) is 0 Å². The van der Waals surface area contributed by atoms with Gasteiger partial charge in [-0.15, -0.1) is 0 Å². The highest BCUT2D eigenvalue weighted by Gasteiger charge is 2.15. The number of anilines is 2. The van der Waals surface area contributed by atoms with Gasteiger partial charge in [-0.3, -0.25) is 9.78 Å². The first-order valence-corrected chi connectivity index (χ1v) is 11.6. The van der Waals surface area contributed by atoms with Crippen LogP contribution in [0.2, 0.25) is 0 Å². The number of amides is 3. The zero-order chi connectivity index (χ0) is 26.6. The molecule has 0 bridgehead atoms. The van der Waals surface area contributed by atoms with E-state index in [1.54, 1.807) is 61.8 Å².